The van der Waals surface area contributed by atoms with E-state index in [1.54, 1.807) is 10.4 Å². The lowest BCUT2D eigenvalue weighted by Gasteiger charge is -2.30. The number of hydrogen-bond acceptors (Lipinski definition) is 6. The summed E-state index contributed by atoms with van der Waals surface area (Å²) in [6.45, 7) is 3.75. The van der Waals surface area contributed by atoms with Gasteiger partial charge in [-0.05, 0) is 38.2 Å². The summed E-state index contributed by atoms with van der Waals surface area (Å²) >= 11 is 0. The van der Waals surface area contributed by atoms with Gasteiger partial charge >= 0.3 is 0 Å². The maximum absolute atomic E-state index is 12.8. The molecule has 1 aliphatic heterocycles. The van der Waals surface area contributed by atoms with E-state index in [2.05, 4.69) is 5.32 Å². The zero-order chi connectivity index (χ0) is 22.5. The van der Waals surface area contributed by atoms with Gasteiger partial charge in [-0.15, -0.1) is 0 Å². The molecule has 1 fully saturated rings. The SMILES string of the molecule is CCOCOC[C@H](C[C@H](Cc1ccccc1)C(=O)NO)NC(=O)C1CCN(C=O)CC1. The van der Waals surface area contributed by atoms with Crippen molar-refractivity contribution in [1.82, 2.24) is 15.7 Å². The lowest BCUT2D eigenvalue weighted by molar-refractivity contribution is -0.135. The predicted molar refractivity (Wildman–Crippen MR) is 113 cm³/mol. The molecular weight excluding hydrogens is 402 g/mol. The topological polar surface area (TPSA) is 117 Å². The first kappa shape index (κ1) is 24.8. The maximum Gasteiger partial charge on any atom is 0.246 e. The van der Waals surface area contributed by atoms with Crippen LogP contribution in [0.2, 0.25) is 0 Å². The van der Waals surface area contributed by atoms with Crippen molar-refractivity contribution in [3.8, 4) is 0 Å². The standard InChI is InChI=1S/C22H33N3O6/c1-2-30-16-31-14-20(23-21(27)18-8-10-25(15-26)11-9-18)13-19(22(28)24-29)12-17-6-4-3-5-7-17/h3-7,15,18-20,29H,2,8-14,16H2,1H3,(H,23,27)(H,24,28)/t19-,20-/m0/s1. The van der Waals surface area contributed by atoms with Crippen LogP contribution in [0.5, 0.6) is 0 Å². The second-order valence-electron chi connectivity index (χ2n) is 7.70. The van der Waals surface area contributed by atoms with Crippen molar-refractivity contribution in [3.05, 3.63) is 35.9 Å². The van der Waals surface area contributed by atoms with Gasteiger partial charge in [0, 0.05) is 31.5 Å². The van der Waals surface area contributed by atoms with E-state index in [9.17, 15) is 19.6 Å². The molecule has 1 aromatic rings. The predicted octanol–water partition coefficient (Wildman–Crippen LogP) is 1.10. The van der Waals surface area contributed by atoms with Gasteiger partial charge in [-0.2, -0.15) is 0 Å². The van der Waals surface area contributed by atoms with Gasteiger partial charge in [0.1, 0.15) is 6.79 Å². The molecule has 1 heterocycles. The molecule has 0 aromatic heterocycles. The fourth-order valence-corrected chi connectivity index (χ4v) is 3.70. The summed E-state index contributed by atoms with van der Waals surface area (Å²) in [4.78, 5) is 37.7. The van der Waals surface area contributed by atoms with Crippen LogP contribution in [-0.2, 0) is 30.3 Å². The molecule has 2 rings (SSSR count). The van der Waals surface area contributed by atoms with Gasteiger partial charge < -0.3 is 19.7 Å². The van der Waals surface area contributed by atoms with E-state index in [4.69, 9.17) is 9.47 Å². The van der Waals surface area contributed by atoms with E-state index >= 15 is 0 Å². The summed E-state index contributed by atoms with van der Waals surface area (Å²) in [7, 11) is 0. The second-order valence-corrected chi connectivity index (χ2v) is 7.70. The highest BCUT2D eigenvalue weighted by molar-refractivity contribution is 5.80. The molecule has 0 spiro atoms. The number of carbonyl (C=O) groups excluding carboxylic acids is 3. The van der Waals surface area contributed by atoms with Crippen LogP contribution in [-0.4, -0.2) is 67.5 Å². The van der Waals surface area contributed by atoms with E-state index in [0.717, 1.165) is 12.0 Å². The number of nitrogens with zero attached hydrogens (tertiary/aromatic N) is 1. The van der Waals surface area contributed by atoms with E-state index in [-0.39, 0.29) is 25.2 Å². The fourth-order valence-electron chi connectivity index (χ4n) is 3.70. The van der Waals surface area contributed by atoms with Crippen molar-refractivity contribution >= 4 is 18.2 Å². The Bertz CT molecular complexity index is 679. The number of rotatable bonds is 13. The molecule has 0 unspecified atom stereocenters. The molecule has 31 heavy (non-hydrogen) atoms. The summed E-state index contributed by atoms with van der Waals surface area (Å²) < 4.78 is 10.7. The monoisotopic (exact) mass is 435 g/mol. The molecule has 9 heteroatoms. The van der Waals surface area contributed by atoms with Crippen molar-refractivity contribution in [1.29, 1.82) is 0 Å². The molecule has 0 bridgehead atoms. The molecule has 0 aliphatic carbocycles. The van der Waals surface area contributed by atoms with Crippen LogP contribution in [0, 0.1) is 11.8 Å². The van der Waals surface area contributed by atoms with Gasteiger partial charge in [0.05, 0.1) is 12.6 Å². The van der Waals surface area contributed by atoms with Gasteiger partial charge in [0.25, 0.3) is 0 Å². The van der Waals surface area contributed by atoms with E-state index in [0.29, 0.717) is 45.4 Å². The summed E-state index contributed by atoms with van der Waals surface area (Å²) in [5.41, 5.74) is 2.70. The second kappa shape index (κ2) is 13.7. The minimum atomic E-state index is -0.551. The molecule has 2 atom stereocenters. The molecule has 0 saturated carbocycles. The average Bonchev–Trinajstić information content (AvgIpc) is 2.81. The third kappa shape index (κ3) is 8.64. The van der Waals surface area contributed by atoms with Crippen LogP contribution in [0.1, 0.15) is 31.7 Å². The number of benzene rings is 1. The Hall–Kier alpha value is -2.49. The van der Waals surface area contributed by atoms with Crippen LogP contribution in [0.15, 0.2) is 30.3 Å². The summed E-state index contributed by atoms with van der Waals surface area (Å²) in [5.74, 6) is -1.36. The van der Waals surface area contributed by atoms with Gasteiger partial charge in [-0.3, -0.25) is 19.6 Å². The molecule has 9 nitrogen and oxygen atoms in total. The number of hydrogen-bond donors (Lipinski definition) is 3. The Morgan fingerprint density at radius 2 is 1.94 bits per heavy atom. The number of hydroxylamine groups is 1. The van der Waals surface area contributed by atoms with Gasteiger partial charge in [0.15, 0.2) is 0 Å². The molecule has 172 valence electrons. The van der Waals surface area contributed by atoms with Crippen molar-refractivity contribution in [2.75, 3.05) is 33.1 Å². The van der Waals surface area contributed by atoms with Crippen molar-refractivity contribution in [2.45, 2.75) is 38.6 Å². The minimum Gasteiger partial charge on any atom is -0.356 e. The normalized spacial score (nSPS) is 16.4. The first-order valence-electron chi connectivity index (χ1n) is 10.7. The number of carbonyl (C=O) groups is 3. The van der Waals surface area contributed by atoms with Crippen LogP contribution in [0.3, 0.4) is 0 Å². The maximum atomic E-state index is 12.8. The number of likely N-dealkylation sites (tertiary alicyclic amines) is 1. The summed E-state index contributed by atoms with van der Waals surface area (Å²) in [6, 6.07) is 9.07. The van der Waals surface area contributed by atoms with Gasteiger partial charge in [-0.25, -0.2) is 5.48 Å². The van der Waals surface area contributed by atoms with Crippen molar-refractivity contribution in [3.63, 3.8) is 0 Å². The van der Waals surface area contributed by atoms with E-state index < -0.39 is 17.9 Å². The quantitative estimate of drug-likeness (QED) is 0.140. The van der Waals surface area contributed by atoms with Crippen LogP contribution >= 0.6 is 0 Å². The smallest absolute Gasteiger partial charge is 0.246 e. The molecule has 3 N–H and O–H groups in total. The van der Waals surface area contributed by atoms with Crippen molar-refractivity contribution in [2.24, 2.45) is 11.8 Å². The molecule has 1 saturated heterocycles. The van der Waals surface area contributed by atoms with Crippen molar-refractivity contribution < 1.29 is 29.1 Å². The molecule has 3 amide bonds. The van der Waals surface area contributed by atoms with Crippen LogP contribution < -0.4 is 10.8 Å². The summed E-state index contributed by atoms with van der Waals surface area (Å²) in [5, 5.41) is 12.2. The Kier molecular flexibility index (Phi) is 11.0. The molecular formula is C22H33N3O6. The average molecular weight is 436 g/mol. The third-order valence-corrected chi connectivity index (χ3v) is 5.46. The largest absolute Gasteiger partial charge is 0.356 e. The fraction of sp³-hybridized carbons (Fsp3) is 0.591. The zero-order valence-electron chi connectivity index (χ0n) is 18.0. The lowest BCUT2D eigenvalue weighted by atomic mass is 9.91. The Labute approximate surface area is 183 Å². The first-order chi connectivity index (χ1) is 15.1. The zero-order valence-corrected chi connectivity index (χ0v) is 18.0. The van der Waals surface area contributed by atoms with Crippen LogP contribution in [0.4, 0.5) is 0 Å². The van der Waals surface area contributed by atoms with Gasteiger partial charge in [0.2, 0.25) is 18.2 Å². The Balaban J connectivity index is 2.02. The first-order valence-corrected chi connectivity index (χ1v) is 10.7. The Morgan fingerprint density at radius 3 is 2.55 bits per heavy atom. The minimum absolute atomic E-state index is 0.0934. The third-order valence-electron chi connectivity index (χ3n) is 5.46. The number of nitrogens with one attached hydrogen (secondary N) is 2. The Morgan fingerprint density at radius 1 is 1.23 bits per heavy atom. The molecule has 1 aliphatic rings. The van der Waals surface area contributed by atoms with E-state index in [1.165, 1.54) is 0 Å². The highest BCUT2D eigenvalue weighted by Crippen LogP contribution is 2.19. The van der Waals surface area contributed by atoms with Gasteiger partial charge in [-0.1, -0.05) is 30.3 Å². The molecule has 1 aromatic carbocycles. The number of ether oxygens (including phenoxy) is 2. The highest BCUT2D eigenvalue weighted by Gasteiger charge is 2.29. The number of piperidine rings is 1. The molecule has 0 radical (unpaired) electrons. The van der Waals surface area contributed by atoms with Crippen LogP contribution in [0.25, 0.3) is 0 Å². The number of amides is 3. The highest BCUT2D eigenvalue weighted by atomic mass is 16.7. The lowest BCUT2D eigenvalue weighted by Crippen LogP contribution is -2.47. The summed E-state index contributed by atoms with van der Waals surface area (Å²) in [6.07, 6.45) is 2.72. The van der Waals surface area contributed by atoms with E-state index in [1.807, 2.05) is 37.3 Å².